The van der Waals surface area contributed by atoms with Crippen LogP contribution in [0.4, 0.5) is 17.1 Å². The number of anilines is 3. The minimum Gasteiger partial charge on any atom is -0.310 e. The highest BCUT2D eigenvalue weighted by Gasteiger charge is 2.36. The molecule has 8 aromatic carbocycles. The lowest BCUT2D eigenvalue weighted by molar-refractivity contribution is 0.660. The molecule has 0 saturated heterocycles. The third kappa shape index (κ3) is 5.21. The molecule has 1 heterocycles. The maximum Gasteiger partial charge on any atom is 0.0547 e. The van der Waals surface area contributed by atoms with Crippen molar-refractivity contribution in [2.75, 3.05) is 4.90 Å². The van der Waals surface area contributed by atoms with Crippen LogP contribution in [0.25, 0.3) is 64.7 Å². The molecule has 252 valence electrons. The third-order valence-electron chi connectivity index (χ3n) is 11.1. The molecule has 10 rings (SSSR count). The van der Waals surface area contributed by atoms with Gasteiger partial charge in [0.15, 0.2) is 0 Å². The zero-order valence-corrected chi connectivity index (χ0v) is 30.6. The van der Waals surface area contributed by atoms with Crippen molar-refractivity contribution >= 4 is 48.6 Å². The zero-order chi connectivity index (χ0) is 35.5. The maximum atomic E-state index is 2.50. The predicted octanol–water partition coefficient (Wildman–Crippen LogP) is 14.8. The Hall–Kier alpha value is -6.22. The normalized spacial score (nSPS) is 12.9. The van der Waals surface area contributed by atoms with Gasteiger partial charge in [0, 0.05) is 42.5 Å². The van der Waals surface area contributed by atoms with Crippen molar-refractivity contribution in [2.24, 2.45) is 0 Å². The molecular formula is C51H37NS. The molecule has 0 bridgehead atoms. The van der Waals surface area contributed by atoms with Gasteiger partial charge in [-0.15, -0.1) is 11.3 Å². The van der Waals surface area contributed by atoms with E-state index in [0.29, 0.717) is 0 Å². The Morgan fingerprint density at radius 3 is 1.81 bits per heavy atom. The number of fused-ring (bicyclic) bond motifs is 6. The monoisotopic (exact) mass is 695 g/mol. The fraction of sp³-hybridized carbons (Fsp3) is 0.0588. The fourth-order valence-electron chi connectivity index (χ4n) is 8.46. The number of rotatable bonds is 6. The van der Waals surface area contributed by atoms with Gasteiger partial charge in [-0.2, -0.15) is 0 Å². The molecule has 0 aliphatic heterocycles. The van der Waals surface area contributed by atoms with E-state index in [2.05, 4.69) is 207 Å². The first-order valence-electron chi connectivity index (χ1n) is 18.3. The Morgan fingerprint density at radius 2 is 1.02 bits per heavy atom. The second-order valence-corrected chi connectivity index (χ2v) is 15.6. The van der Waals surface area contributed by atoms with Crippen molar-refractivity contribution in [1.82, 2.24) is 0 Å². The SMILES string of the molecule is CC1(C)c2ccccc2-c2ccc(N(c3cccc(-c4ccccc4)c3)c3ccc4sc5ccccc5c4c3-c3ccc(-c4ccccc4)cc3)cc21. The summed E-state index contributed by atoms with van der Waals surface area (Å²) in [4.78, 5) is 2.50. The van der Waals surface area contributed by atoms with Crippen LogP contribution in [-0.4, -0.2) is 0 Å². The van der Waals surface area contributed by atoms with Gasteiger partial charge in [-0.3, -0.25) is 0 Å². The molecule has 0 fully saturated rings. The number of nitrogens with zero attached hydrogens (tertiary/aromatic N) is 1. The summed E-state index contributed by atoms with van der Waals surface area (Å²) in [5, 5.41) is 2.59. The lowest BCUT2D eigenvalue weighted by Gasteiger charge is -2.30. The summed E-state index contributed by atoms with van der Waals surface area (Å²) in [5.74, 6) is 0. The van der Waals surface area contributed by atoms with Gasteiger partial charge < -0.3 is 4.90 Å². The van der Waals surface area contributed by atoms with Crippen molar-refractivity contribution in [3.05, 3.63) is 199 Å². The van der Waals surface area contributed by atoms with Crippen LogP contribution >= 0.6 is 11.3 Å². The average Bonchev–Trinajstić information content (AvgIpc) is 3.71. The third-order valence-corrected chi connectivity index (χ3v) is 12.2. The molecule has 0 unspecified atom stereocenters. The minimum atomic E-state index is -0.122. The average molecular weight is 696 g/mol. The Labute approximate surface area is 315 Å². The molecule has 0 radical (unpaired) electrons. The molecule has 53 heavy (non-hydrogen) atoms. The number of hydrogen-bond donors (Lipinski definition) is 0. The minimum absolute atomic E-state index is 0.122. The summed E-state index contributed by atoms with van der Waals surface area (Å²) in [5.41, 5.74) is 16.0. The van der Waals surface area contributed by atoms with Gasteiger partial charge in [0.2, 0.25) is 0 Å². The van der Waals surface area contributed by atoms with E-state index in [0.717, 1.165) is 17.1 Å². The van der Waals surface area contributed by atoms with Crippen LogP contribution in [0.2, 0.25) is 0 Å². The largest absolute Gasteiger partial charge is 0.310 e. The van der Waals surface area contributed by atoms with Gasteiger partial charge in [-0.05, 0) is 92.5 Å². The Kier molecular flexibility index (Phi) is 7.42. The van der Waals surface area contributed by atoms with Gasteiger partial charge in [0.05, 0.1) is 5.69 Å². The van der Waals surface area contributed by atoms with E-state index >= 15 is 0 Å². The highest BCUT2D eigenvalue weighted by molar-refractivity contribution is 7.26. The van der Waals surface area contributed by atoms with E-state index < -0.39 is 0 Å². The molecular weight excluding hydrogens is 659 g/mol. The van der Waals surface area contributed by atoms with Crippen LogP contribution in [-0.2, 0) is 5.41 Å². The van der Waals surface area contributed by atoms with Crippen molar-refractivity contribution in [3.63, 3.8) is 0 Å². The van der Waals surface area contributed by atoms with Crippen molar-refractivity contribution < 1.29 is 0 Å². The first kappa shape index (κ1) is 31.5. The Balaban J connectivity index is 1.25. The topological polar surface area (TPSA) is 3.24 Å². The Bertz CT molecular complexity index is 2790. The molecule has 1 aliphatic rings. The molecule has 1 aliphatic carbocycles. The van der Waals surface area contributed by atoms with E-state index in [1.165, 1.54) is 75.8 Å². The molecule has 1 nitrogen and oxygen atoms in total. The smallest absolute Gasteiger partial charge is 0.0547 e. The lowest BCUT2D eigenvalue weighted by atomic mass is 9.82. The summed E-state index contributed by atoms with van der Waals surface area (Å²) < 4.78 is 2.59. The van der Waals surface area contributed by atoms with Crippen LogP contribution in [0.1, 0.15) is 25.0 Å². The molecule has 0 spiro atoms. The molecule has 2 heteroatoms. The zero-order valence-electron chi connectivity index (χ0n) is 29.8. The van der Waals surface area contributed by atoms with E-state index in [1.54, 1.807) is 0 Å². The molecule has 0 saturated carbocycles. The van der Waals surface area contributed by atoms with Gasteiger partial charge in [-0.25, -0.2) is 0 Å². The summed E-state index contributed by atoms with van der Waals surface area (Å²) in [6.45, 7) is 4.73. The summed E-state index contributed by atoms with van der Waals surface area (Å²) >= 11 is 1.87. The van der Waals surface area contributed by atoms with Crippen molar-refractivity contribution in [3.8, 4) is 44.5 Å². The van der Waals surface area contributed by atoms with Crippen LogP contribution in [0.5, 0.6) is 0 Å². The Morgan fingerprint density at radius 1 is 0.415 bits per heavy atom. The van der Waals surface area contributed by atoms with Crippen molar-refractivity contribution in [1.29, 1.82) is 0 Å². The predicted molar refractivity (Wildman–Crippen MR) is 228 cm³/mol. The van der Waals surface area contributed by atoms with Crippen molar-refractivity contribution in [2.45, 2.75) is 19.3 Å². The van der Waals surface area contributed by atoms with E-state index in [1.807, 2.05) is 11.3 Å². The summed E-state index contributed by atoms with van der Waals surface area (Å²) in [7, 11) is 0. The second kappa shape index (κ2) is 12.5. The van der Waals surface area contributed by atoms with Crippen LogP contribution in [0.3, 0.4) is 0 Å². The molecule has 1 aromatic heterocycles. The van der Waals surface area contributed by atoms with Crippen LogP contribution in [0.15, 0.2) is 188 Å². The summed E-state index contributed by atoms with van der Waals surface area (Å²) in [6, 6.07) is 69.1. The molecule has 0 atom stereocenters. The summed E-state index contributed by atoms with van der Waals surface area (Å²) in [6.07, 6.45) is 0. The van der Waals surface area contributed by atoms with Gasteiger partial charge >= 0.3 is 0 Å². The number of thiophene rings is 1. The fourth-order valence-corrected chi connectivity index (χ4v) is 9.57. The molecule has 0 amide bonds. The van der Waals surface area contributed by atoms with Crippen LogP contribution in [0, 0.1) is 0 Å². The van der Waals surface area contributed by atoms with Gasteiger partial charge in [0.25, 0.3) is 0 Å². The van der Waals surface area contributed by atoms with Gasteiger partial charge in [0.1, 0.15) is 0 Å². The first-order valence-corrected chi connectivity index (χ1v) is 19.2. The molecule has 0 N–H and O–H groups in total. The number of benzene rings is 8. The van der Waals surface area contributed by atoms with E-state index in [9.17, 15) is 0 Å². The van der Waals surface area contributed by atoms with E-state index in [-0.39, 0.29) is 5.41 Å². The quantitative estimate of drug-likeness (QED) is 0.167. The highest BCUT2D eigenvalue weighted by Crippen LogP contribution is 2.53. The maximum absolute atomic E-state index is 2.50. The highest BCUT2D eigenvalue weighted by atomic mass is 32.1. The molecule has 9 aromatic rings. The number of hydrogen-bond acceptors (Lipinski definition) is 2. The second-order valence-electron chi connectivity index (χ2n) is 14.5. The van der Waals surface area contributed by atoms with Gasteiger partial charge in [-0.1, -0.05) is 159 Å². The van der Waals surface area contributed by atoms with E-state index in [4.69, 9.17) is 0 Å². The van der Waals surface area contributed by atoms with Crippen LogP contribution < -0.4 is 4.90 Å². The standard InChI is InChI=1S/C51H37NS/c1-51(2)44-22-11-9-20-41(44)42-29-28-40(33-45(42)51)52(39-19-13-18-38(32-39)35-16-7-4-8-17-35)46-30-31-48-50(43-21-10-12-23-47(43)53-48)49(46)37-26-24-36(25-27-37)34-14-5-3-6-15-34/h3-33H,1-2H3. The first-order chi connectivity index (χ1) is 26.0. The lowest BCUT2D eigenvalue weighted by Crippen LogP contribution is -2.17.